The molecule has 0 unspecified atom stereocenters. The van der Waals surface area contributed by atoms with Crippen molar-refractivity contribution >= 4 is 28.8 Å². The molecule has 176 valence electrons. The van der Waals surface area contributed by atoms with Gasteiger partial charge in [-0.1, -0.05) is 17.8 Å². The Kier molecular flexibility index (Phi) is 7.27. The number of amidine groups is 1. The van der Waals surface area contributed by atoms with Crippen molar-refractivity contribution in [1.82, 2.24) is 9.80 Å². The molecule has 1 fully saturated rings. The second-order valence-electron chi connectivity index (χ2n) is 7.84. The van der Waals surface area contributed by atoms with Crippen molar-refractivity contribution in [2.24, 2.45) is 4.99 Å². The third-order valence-corrected chi connectivity index (χ3v) is 6.48. The molecule has 1 aromatic carbocycles. The Balaban J connectivity index is 1.63. The summed E-state index contributed by atoms with van der Waals surface area (Å²) in [5.41, 5.74) is 1.97. The first-order valence-corrected chi connectivity index (χ1v) is 12.2. The van der Waals surface area contributed by atoms with Gasteiger partial charge in [0, 0.05) is 19.3 Å². The lowest BCUT2D eigenvalue weighted by Gasteiger charge is -2.33. The van der Waals surface area contributed by atoms with Gasteiger partial charge in [0.05, 0.1) is 30.5 Å². The number of allylic oxidation sites excluding steroid dienone is 1. The molecule has 33 heavy (non-hydrogen) atoms. The number of nitrogens with zero attached hydrogens (tertiary/aromatic N) is 3. The molecule has 0 bridgehead atoms. The predicted molar refractivity (Wildman–Crippen MR) is 127 cm³/mol. The van der Waals surface area contributed by atoms with Gasteiger partial charge in [-0.25, -0.2) is 9.79 Å². The van der Waals surface area contributed by atoms with Crippen molar-refractivity contribution < 1.29 is 23.8 Å². The molecule has 3 aliphatic rings. The first-order valence-electron chi connectivity index (χ1n) is 11.3. The minimum atomic E-state index is -0.401. The lowest BCUT2D eigenvalue weighted by Crippen LogP contribution is -2.34. The van der Waals surface area contributed by atoms with E-state index in [0.717, 1.165) is 36.7 Å². The smallest absolute Gasteiger partial charge is 0.338 e. The van der Waals surface area contributed by atoms with Crippen LogP contribution in [0.4, 0.5) is 0 Å². The monoisotopic (exact) mass is 471 g/mol. The quantitative estimate of drug-likeness (QED) is 0.533. The average molecular weight is 472 g/mol. The summed E-state index contributed by atoms with van der Waals surface area (Å²) in [6, 6.07) is 5.17. The van der Waals surface area contributed by atoms with Crippen LogP contribution >= 0.6 is 11.8 Å². The Labute approximate surface area is 198 Å². The number of carbonyl (C=O) groups excluding carboxylic acids is 2. The number of esters is 1. The van der Waals surface area contributed by atoms with E-state index in [-0.39, 0.29) is 25.1 Å². The molecule has 1 amide bonds. The molecular formula is C24H29N3O5S. The Bertz CT molecular complexity index is 1010. The van der Waals surface area contributed by atoms with Crippen LogP contribution in [-0.4, -0.2) is 59.8 Å². The third-order valence-electron chi connectivity index (χ3n) is 5.71. The number of benzene rings is 1. The van der Waals surface area contributed by atoms with Gasteiger partial charge in [-0.2, -0.15) is 0 Å². The van der Waals surface area contributed by atoms with Crippen LogP contribution in [0.1, 0.15) is 45.2 Å². The maximum absolute atomic E-state index is 12.9. The molecule has 0 aliphatic carbocycles. The number of fused-ring (bicyclic) bond motifs is 1. The number of ether oxygens (including phenoxy) is 3. The lowest BCUT2D eigenvalue weighted by atomic mass is 9.94. The molecule has 1 aromatic rings. The van der Waals surface area contributed by atoms with Crippen LogP contribution in [0.25, 0.3) is 0 Å². The molecule has 0 N–H and O–H groups in total. The Morgan fingerprint density at radius 3 is 2.64 bits per heavy atom. The van der Waals surface area contributed by atoms with Crippen LogP contribution in [0.5, 0.6) is 11.5 Å². The molecule has 1 saturated heterocycles. The van der Waals surface area contributed by atoms with Gasteiger partial charge in [0.1, 0.15) is 0 Å². The van der Waals surface area contributed by atoms with Crippen LogP contribution in [0.3, 0.4) is 0 Å². The zero-order valence-electron chi connectivity index (χ0n) is 19.2. The van der Waals surface area contributed by atoms with E-state index in [9.17, 15) is 9.59 Å². The summed E-state index contributed by atoms with van der Waals surface area (Å²) in [6.45, 7) is 7.77. The molecule has 3 aliphatic heterocycles. The highest BCUT2D eigenvalue weighted by Crippen LogP contribution is 2.43. The fourth-order valence-corrected chi connectivity index (χ4v) is 4.97. The topological polar surface area (TPSA) is 80.7 Å². The number of hydrogen-bond donors (Lipinski definition) is 0. The van der Waals surface area contributed by atoms with Crippen molar-refractivity contribution in [3.05, 3.63) is 46.6 Å². The molecule has 0 saturated carbocycles. The molecule has 4 rings (SSSR count). The summed E-state index contributed by atoms with van der Waals surface area (Å²) in [5.74, 6) is 0.629. The van der Waals surface area contributed by atoms with E-state index >= 15 is 0 Å². The number of carbonyl (C=O) groups is 2. The summed E-state index contributed by atoms with van der Waals surface area (Å²) in [4.78, 5) is 33.7. The fourth-order valence-electron chi connectivity index (χ4n) is 4.18. The summed E-state index contributed by atoms with van der Waals surface area (Å²) in [5, 5.41) is 2.75. The average Bonchev–Trinajstić information content (AvgIpc) is 3.49. The molecular weight excluding hydrogens is 442 g/mol. The van der Waals surface area contributed by atoms with E-state index in [1.54, 1.807) is 13.0 Å². The van der Waals surface area contributed by atoms with Crippen LogP contribution in [0, 0.1) is 0 Å². The maximum atomic E-state index is 12.9. The lowest BCUT2D eigenvalue weighted by molar-refractivity contribution is -0.139. The molecule has 3 heterocycles. The molecule has 0 aromatic heterocycles. The molecule has 0 radical (unpaired) electrons. The normalized spacial score (nSPS) is 19.5. The number of likely N-dealkylation sites (tertiary alicyclic amines) is 1. The Morgan fingerprint density at radius 1 is 1.12 bits per heavy atom. The SMILES string of the molecule is CCOC(=O)C1=C(C)N=C2SC=CN2[C@H]1c1ccc(OCC(=O)N2CCCC2)c(OCC)c1. The van der Waals surface area contributed by atoms with Crippen molar-refractivity contribution in [3.8, 4) is 11.5 Å². The van der Waals surface area contributed by atoms with Gasteiger partial charge in [-0.05, 0) is 56.7 Å². The molecule has 9 heteroatoms. The summed E-state index contributed by atoms with van der Waals surface area (Å²) in [7, 11) is 0. The molecule has 1 atom stereocenters. The van der Waals surface area contributed by atoms with Crippen molar-refractivity contribution in [1.29, 1.82) is 0 Å². The van der Waals surface area contributed by atoms with Gasteiger partial charge in [-0.15, -0.1) is 0 Å². The van der Waals surface area contributed by atoms with Crippen molar-refractivity contribution in [2.75, 3.05) is 32.9 Å². The van der Waals surface area contributed by atoms with E-state index in [4.69, 9.17) is 14.2 Å². The van der Waals surface area contributed by atoms with Crippen molar-refractivity contribution in [2.45, 2.75) is 39.7 Å². The zero-order chi connectivity index (χ0) is 23.4. The highest BCUT2D eigenvalue weighted by atomic mass is 32.2. The second-order valence-corrected chi connectivity index (χ2v) is 8.72. The van der Waals surface area contributed by atoms with Gasteiger partial charge in [0.25, 0.3) is 5.91 Å². The molecule has 8 nitrogen and oxygen atoms in total. The largest absolute Gasteiger partial charge is 0.490 e. The number of amides is 1. The zero-order valence-corrected chi connectivity index (χ0v) is 20.0. The van der Waals surface area contributed by atoms with Crippen LogP contribution in [-0.2, 0) is 14.3 Å². The van der Waals surface area contributed by atoms with Crippen LogP contribution in [0.15, 0.2) is 46.1 Å². The van der Waals surface area contributed by atoms with Gasteiger partial charge < -0.3 is 24.0 Å². The van der Waals surface area contributed by atoms with Crippen LogP contribution < -0.4 is 9.47 Å². The van der Waals surface area contributed by atoms with Gasteiger partial charge in [0.2, 0.25) is 0 Å². The summed E-state index contributed by atoms with van der Waals surface area (Å²) in [6.07, 6.45) is 3.99. The predicted octanol–water partition coefficient (Wildman–Crippen LogP) is 3.85. The molecule has 0 spiro atoms. The standard InChI is InChI=1S/C24H29N3O5S/c1-4-30-19-14-17(8-9-18(19)32-15-20(28)26-10-6-7-11-26)22-21(23(29)31-5-2)16(3)25-24-27(22)12-13-33-24/h8-9,12-14,22H,4-7,10-11,15H2,1-3H3/t22-/m0/s1. The van der Waals surface area contributed by atoms with E-state index in [2.05, 4.69) is 4.99 Å². The Morgan fingerprint density at radius 2 is 1.91 bits per heavy atom. The number of rotatable bonds is 8. The number of thioether (sulfide) groups is 1. The second kappa shape index (κ2) is 10.3. The summed E-state index contributed by atoms with van der Waals surface area (Å²) >= 11 is 1.51. The maximum Gasteiger partial charge on any atom is 0.338 e. The number of aliphatic imine (C=N–C) groups is 1. The van der Waals surface area contributed by atoms with E-state index in [1.807, 2.05) is 47.4 Å². The van der Waals surface area contributed by atoms with Crippen LogP contribution in [0.2, 0.25) is 0 Å². The fraction of sp³-hybridized carbons (Fsp3) is 0.458. The van der Waals surface area contributed by atoms with Crippen molar-refractivity contribution in [3.63, 3.8) is 0 Å². The minimum absolute atomic E-state index is 0.0189. The van der Waals surface area contributed by atoms with Gasteiger partial charge >= 0.3 is 5.97 Å². The van der Waals surface area contributed by atoms with E-state index in [1.165, 1.54) is 11.8 Å². The highest BCUT2D eigenvalue weighted by Gasteiger charge is 2.37. The first-order chi connectivity index (χ1) is 16.0. The Hall–Kier alpha value is -2.94. The van der Waals surface area contributed by atoms with Gasteiger partial charge in [-0.3, -0.25) is 4.79 Å². The number of hydrogen-bond acceptors (Lipinski definition) is 8. The third kappa shape index (κ3) is 4.88. The minimum Gasteiger partial charge on any atom is -0.490 e. The van der Waals surface area contributed by atoms with Gasteiger partial charge in [0.15, 0.2) is 23.3 Å². The summed E-state index contributed by atoms with van der Waals surface area (Å²) < 4.78 is 17.1. The van der Waals surface area contributed by atoms with E-state index < -0.39 is 6.04 Å². The van der Waals surface area contributed by atoms with E-state index in [0.29, 0.717) is 29.4 Å². The first kappa shape index (κ1) is 23.2. The highest BCUT2D eigenvalue weighted by molar-refractivity contribution is 8.16.